The molecule has 0 saturated heterocycles. The zero-order valence-corrected chi connectivity index (χ0v) is 10.7. The van der Waals surface area contributed by atoms with E-state index in [1.54, 1.807) is 19.2 Å². The second kappa shape index (κ2) is 5.16. The van der Waals surface area contributed by atoms with Gasteiger partial charge in [0.25, 0.3) is 5.91 Å². The number of carbonyl (C=O) groups is 2. The number of aromatic carboxylic acids is 1. The van der Waals surface area contributed by atoms with Crippen LogP contribution < -0.4 is 4.90 Å². The van der Waals surface area contributed by atoms with Gasteiger partial charge in [-0.2, -0.15) is 0 Å². The van der Waals surface area contributed by atoms with Gasteiger partial charge in [-0.15, -0.1) is 0 Å². The van der Waals surface area contributed by atoms with Crippen LogP contribution in [0.1, 0.15) is 20.7 Å². The van der Waals surface area contributed by atoms with Crippen molar-refractivity contribution in [3.8, 4) is 0 Å². The SMILES string of the molecule is CN(C(=O)c1ccoc1Cl)c1ccc(C(=O)O)cc1. The molecule has 0 saturated carbocycles. The van der Waals surface area contributed by atoms with E-state index in [1.165, 1.54) is 29.4 Å². The minimum atomic E-state index is -1.02. The first kappa shape index (κ1) is 13.2. The Morgan fingerprint density at radius 1 is 1.21 bits per heavy atom. The summed E-state index contributed by atoms with van der Waals surface area (Å²) in [5.41, 5.74) is 0.977. The molecule has 2 aromatic rings. The summed E-state index contributed by atoms with van der Waals surface area (Å²) in [7, 11) is 1.57. The largest absolute Gasteiger partial charge is 0.478 e. The molecule has 1 aromatic heterocycles. The van der Waals surface area contributed by atoms with Gasteiger partial charge in [0.1, 0.15) is 0 Å². The molecule has 0 aliphatic rings. The van der Waals surface area contributed by atoms with Gasteiger partial charge in [-0.25, -0.2) is 4.79 Å². The molecule has 19 heavy (non-hydrogen) atoms. The van der Waals surface area contributed by atoms with Crippen LogP contribution in [0.2, 0.25) is 5.22 Å². The summed E-state index contributed by atoms with van der Waals surface area (Å²) in [6.07, 6.45) is 1.33. The summed E-state index contributed by atoms with van der Waals surface area (Å²) in [6.45, 7) is 0. The fourth-order valence-corrected chi connectivity index (χ4v) is 1.77. The lowest BCUT2D eigenvalue weighted by atomic mass is 10.2. The van der Waals surface area contributed by atoms with E-state index >= 15 is 0 Å². The number of amides is 1. The summed E-state index contributed by atoms with van der Waals surface area (Å²) in [6, 6.07) is 7.44. The molecular formula is C13H10ClNO4. The van der Waals surface area contributed by atoms with Crippen molar-refractivity contribution in [2.24, 2.45) is 0 Å². The van der Waals surface area contributed by atoms with E-state index in [1.807, 2.05) is 0 Å². The highest BCUT2D eigenvalue weighted by molar-refractivity contribution is 6.32. The molecular weight excluding hydrogens is 270 g/mol. The highest BCUT2D eigenvalue weighted by atomic mass is 35.5. The van der Waals surface area contributed by atoms with E-state index in [-0.39, 0.29) is 22.3 Å². The molecule has 0 spiro atoms. The van der Waals surface area contributed by atoms with Crippen molar-refractivity contribution in [2.75, 3.05) is 11.9 Å². The maximum Gasteiger partial charge on any atom is 0.335 e. The summed E-state index contributed by atoms with van der Waals surface area (Å²) in [5.74, 6) is -1.35. The number of nitrogens with zero attached hydrogens (tertiary/aromatic N) is 1. The number of anilines is 1. The number of halogens is 1. The number of hydrogen-bond acceptors (Lipinski definition) is 3. The Morgan fingerprint density at radius 3 is 2.32 bits per heavy atom. The molecule has 6 heteroatoms. The number of carboxylic acid groups (broad SMARTS) is 1. The Bertz CT molecular complexity index is 618. The lowest BCUT2D eigenvalue weighted by Crippen LogP contribution is -2.26. The number of benzene rings is 1. The maximum absolute atomic E-state index is 12.1. The van der Waals surface area contributed by atoms with Crippen LogP contribution in [0.3, 0.4) is 0 Å². The van der Waals surface area contributed by atoms with E-state index in [4.69, 9.17) is 21.1 Å². The van der Waals surface area contributed by atoms with Gasteiger partial charge in [0.15, 0.2) is 0 Å². The van der Waals surface area contributed by atoms with Crippen molar-refractivity contribution < 1.29 is 19.1 Å². The smallest absolute Gasteiger partial charge is 0.335 e. The average molecular weight is 280 g/mol. The van der Waals surface area contributed by atoms with Gasteiger partial charge in [0.05, 0.1) is 17.4 Å². The van der Waals surface area contributed by atoms with Crippen molar-refractivity contribution >= 4 is 29.2 Å². The molecule has 1 amide bonds. The Balaban J connectivity index is 2.24. The molecule has 0 radical (unpaired) electrons. The molecule has 0 fully saturated rings. The predicted octanol–water partition coefficient (Wildman–Crippen LogP) is 2.91. The molecule has 1 N–H and O–H groups in total. The second-order valence-corrected chi connectivity index (χ2v) is 4.17. The summed E-state index contributed by atoms with van der Waals surface area (Å²) in [4.78, 5) is 24.2. The van der Waals surface area contributed by atoms with Gasteiger partial charge < -0.3 is 14.4 Å². The van der Waals surface area contributed by atoms with Crippen molar-refractivity contribution in [1.82, 2.24) is 0 Å². The fraction of sp³-hybridized carbons (Fsp3) is 0.0769. The number of rotatable bonds is 3. The summed E-state index contributed by atoms with van der Waals surface area (Å²) in [5, 5.41) is 8.83. The van der Waals surface area contributed by atoms with E-state index in [0.29, 0.717) is 5.69 Å². The first-order valence-corrected chi connectivity index (χ1v) is 5.73. The van der Waals surface area contributed by atoms with Gasteiger partial charge >= 0.3 is 5.97 Å². The maximum atomic E-state index is 12.1. The highest BCUT2D eigenvalue weighted by Gasteiger charge is 2.18. The van der Waals surface area contributed by atoms with Crippen LogP contribution in [-0.2, 0) is 0 Å². The number of furan rings is 1. The molecule has 5 nitrogen and oxygen atoms in total. The average Bonchev–Trinajstić information content (AvgIpc) is 2.83. The van der Waals surface area contributed by atoms with Crippen LogP contribution >= 0.6 is 11.6 Å². The Morgan fingerprint density at radius 2 is 1.84 bits per heavy atom. The fourth-order valence-electron chi connectivity index (χ4n) is 1.57. The van der Waals surface area contributed by atoms with Crippen LogP contribution in [0.4, 0.5) is 5.69 Å². The normalized spacial score (nSPS) is 10.2. The lowest BCUT2D eigenvalue weighted by molar-refractivity contribution is 0.0696. The first-order chi connectivity index (χ1) is 9.00. The highest BCUT2D eigenvalue weighted by Crippen LogP contribution is 2.22. The van der Waals surface area contributed by atoms with Gasteiger partial charge in [-0.1, -0.05) is 0 Å². The standard InChI is InChI=1S/C13H10ClNO4/c1-15(12(16)10-6-7-19-11(10)14)9-4-2-8(3-5-9)13(17)18/h2-7H,1H3,(H,17,18). The van der Waals surface area contributed by atoms with Gasteiger partial charge in [0, 0.05) is 12.7 Å². The van der Waals surface area contributed by atoms with E-state index in [0.717, 1.165) is 0 Å². The quantitative estimate of drug-likeness (QED) is 0.938. The van der Waals surface area contributed by atoms with Gasteiger partial charge in [-0.3, -0.25) is 4.79 Å². The third-order valence-electron chi connectivity index (χ3n) is 2.65. The molecule has 0 aliphatic heterocycles. The molecule has 1 heterocycles. The second-order valence-electron chi connectivity index (χ2n) is 3.82. The summed E-state index contributed by atoms with van der Waals surface area (Å²) < 4.78 is 4.86. The first-order valence-electron chi connectivity index (χ1n) is 5.35. The predicted molar refractivity (Wildman–Crippen MR) is 69.9 cm³/mol. The monoisotopic (exact) mass is 279 g/mol. The lowest BCUT2D eigenvalue weighted by Gasteiger charge is -2.16. The molecule has 1 aromatic carbocycles. The zero-order valence-electron chi connectivity index (χ0n) is 9.96. The number of carboxylic acids is 1. The van der Waals surface area contributed by atoms with Crippen LogP contribution in [0, 0.1) is 0 Å². The number of carbonyl (C=O) groups excluding carboxylic acids is 1. The topological polar surface area (TPSA) is 70.8 Å². The van der Waals surface area contributed by atoms with E-state index in [9.17, 15) is 9.59 Å². The van der Waals surface area contributed by atoms with E-state index < -0.39 is 5.97 Å². The Labute approximate surface area is 114 Å². The van der Waals surface area contributed by atoms with Crippen LogP contribution in [-0.4, -0.2) is 24.0 Å². The molecule has 0 unspecified atom stereocenters. The van der Waals surface area contributed by atoms with Gasteiger partial charge in [0.2, 0.25) is 5.22 Å². The third kappa shape index (κ3) is 2.61. The third-order valence-corrected chi connectivity index (χ3v) is 2.95. The van der Waals surface area contributed by atoms with Crippen molar-refractivity contribution in [2.45, 2.75) is 0 Å². The molecule has 0 bridgehead atoms. The zero-order chi connectivity index (χ0) is 14.0. The van der Waals surface area contributed by atoms with Crippen LogP contribution in [0.5, 0.6) is 0 Å². The van der Waals surface area contributed by atoms with Gasteiger partial charge in [-0.05, 0) is 41.9 Å². The minimum Gasteiger partial charge on any atom is -0.478 e. The summed E-state index contributed by atoms with van der Waals surface area (Å²) >= 11 is 5.74. The number of hydrogen-bond donors (Lipinski definition) is 1. The van der Waals surface area contributed by atoms with Crippen LogP contribution in [0.15, 0.2) is 41.0 Å². The Hall–Kier alpha value is -2.27. The molecule has 2 rings (SSSR count). The molecule has 0 atom stereocenters. The molecule has 0 aliphatic carbocycles. The van der Waals surface area contributed by atoms with Crippen molar-refractivity contribution in [3.63, 3.8) is 0 Å². The van der Waals surface area contributed by atoms with Crippen molar-refractivity contribution in [1.29, 1.82) is 0 Å². The molecule has 98 valence electrons. The van der Waals surface area contributed by atoms with E-state index in [2.05, 4.69) is 0 Å². The minimum absolute atomic E-state index is 0.0269. The van der Waals surface area contributed by atoms with Crippen LogP contribution in [0.25, 0.3) is 0 Å². The van der Waals surface area contributed by atoms with Crippen molar-refractivity contribution in [3.05, 3.63) is 52.9 Å². The Kier molecular flexibility index (Phi) is 3.57.